The maximum absolute atomic E-state index is 13.3. The van der Waals surface area contributed by atoms with E-state index in [4.69, 9.17) is 19.3 Å². The Kier molecular flexibility index (Phi) is 30.2. The van der Waals surface area contributed by atoms with Crippen molar-refractivity contribution in [1.29, 1.82) is 0 Å². The summed E-state index contributed by atoms with van der Waals surface area (Å²) in [6.45, 7) is 6.07. The smallest absolute Gasteiger partial charge is 0.322 e. The number of hydrogen-bond donors (Lipinski definition) is 9. The van der Waals surface area contributed by atoms with Gasteiger partial charge >= 0.3 is 11.9 Å². The minimum atomic E-state index is -1.12. The Morgan fingerprint density at radius 2 is 0.908 bits per heavy atom. The van der Waals surface area contributed by atoms with Crippen LogP contribution in [0.5, 0.6) is 11.5 Å². The number of unbranched alkanes of at least 4 members (excludes halogenated alkanes) is 4. The van der Waals surface area contributed by atoms with E-state index in [0.29, 0.717) is 118 Å². The Morgan fingerprint density at radius 3 is 1.29 bits per heavy atom. The number of para-hydroxylation sites is 2. The fraction of sp³-hybridized carbons (Fsp3) is 0.295. The number of nitrogens with zero attached hydrogens (tertiary/aromatic N) is 8. The zero-order valence-electron chi connectivity index (χ0n) is 73.0. The molecule has 6 aromatic carbocycles. The van der Waals surface area contributed by atoms with Gasteiger partial charge in [-0.15, -0.1) is 0 Å². The highest BCUT2D eigenvalue weighted by molar-refractivity contribution is 6.27. The van der Waals surface area contributed by atoms with Gasteiger partial charge in [0.05, 0.1) is 76.6 Å². The molecule has 0 spiro atoms. The first-order valence-electron chi connectivity index (χ1n) is 42.0. The number of carboxylic acid groups (broad SMARTS) is 1. The number of carbonyl (C=O) groups is 15. The van der Waals surface area contributed by atoms with Gasteiger partial charge in [-0.25, -0.2) is 0 Å². The number of amides is 12. The molecule has 8 heterocycles. The predicted octanol–water partition coefficient (Wildman–Crippen LogP) is 11.1. The highest BCUT2D eigenvalue weighted by atomic mass is 16.6. The van der Waals surface area contributed by atoms with Gasteiger partial charge < -0.3 is 61.0 Å². The van der Waals surface area contributed by atoms with E-state index in [0.717, 1.165) is 50.5 Å². The van der Waals surface area contributed by atoms with Crippen molar-refractivity contribution in [2.24, 2.45) is 0 Å². The lowest BCUT2D eigenvalue weighted by Crippen LogP contribution is -2.54. The van der Waals surface area contributed by atoms with Crippen LogP contribution in [0, 0.1) is 0 Å². The lowest BCUT2D eigenvalue weighted by atomic mass is 10.0. The number of fused-ring (bicyclic) bond motifs is 4. The summed E-state index contributed by atoms with van der Waals surface area (Å²) in [5.41, 5.74) is 8.69. The zero-order chi connectivity index (χ0) is 93.2. The minimum Gasteiger partial charge on any atom is -0.496 e. The second kappa shape index (κ2) is 42.1. The first-order valence-corrected chi connectivity index (χ1v) is 42.0. The monoisotopic (exact) mass is 1770 g/mol. The van der Waals surface area contributed by atoms with Crippen LogP contribution in [-0.2, 0) is 38.3 Å². The molecular formula is C95H98N16O19. The van der Waals surface area contributed by atoms with Gasteiger partial charge in [-0.2, -0.15) is 0 Å². The standard InChI is InChI=1S/C45H44N8O8.C35H41N5O5.C15H13N3O6/c1-46-41(56)32-25-49-35-22-37(61-3)30(21-31(35)40(32)50-27-11-6-4-7-12-27)26-16-17-34(47-23-26)44(59)52(2)20-9-5-8-13-28(54)24-48-33-15-10-14-29-39(33)45(60)53(43(29)58)36-18-19-38(55)51-42(36)57;1-35(2,3)45-31(41)15-11-8-12-18-40(5)34(43)28-17-16-23(21-37-28)25-19-26-29(20-30(25)44-6)38-22-27(33(42)36-4)32(26)39-24-13-9-7-10-14-24;19-10-5-4-9(13(22)17-10)18-14(23)7-2-1-3-8(12(7)15(18)24)16-6-11(20)21/h4,6-7,10-12,14-17,21-23,25,36,48H,5,8-9,13,18-20,24H2,1-3H3,(H,46,56)(H,49,50)(H,51,55,57);7,9-10,13-14,16-17,19-22H,8,11-12,15,18H2,1-6H3,(H,36,42)(H,38,39);1-3,9,16H,4-6H2,(H,20,21)(H,17,19,22). The van der Waals surface area contributed by atoms with Crippen molar-refractivity contribution in [2.75, 3.05) is 89.9 Å². The number of carbonyl (C=O) groups excluding carboxylic acids is 14. The molecule has 2 unspecified atom stereocenters. The molecule has 35 nitrogen and oxygen atoms in total. The summed E-state index contributed by atoms with van der Waals surface area (Å²) in [5, 5.41) is 32.2. The van der Waals surface area contributed by atoms with Gasteiger partial charge in [-0.3, -0.25) is 112 Å². The van der Waals surface area contributed by atoms with Crippen LogP contribution in [0.3, 0.4) is 0 Å². The number of ether oxygens (including phenoxy) is 3. The van der Waals surface area contributed by atoms with Crippen LogP contribution in [0.25, 0.3) is 44.1 Å². The van der Waals surface area contributed by atoms with E-state index in [2.05, 4.69) is 62.5 Å². The number of pyridine rings is 4. The number of methoxy groups -OCH3 is 2. The molecule has 14 rings (SSSR count). The van der Waals surface area contributed by atoms with Gasteiger partial charge in [-0.05, 0) is 132 Å². The topological polar surface area (TPSA) is 465 Å². The number of rotatable bonds is 32. The van der Waals surface area contributed by atoms with E-state index in [9.17, 15) is 71.9 Å². The third-order valence-electron chi connectivity index (χ3n) is 21.8. The number of esters is 1. The quantitative estimate of drug-likeness (QED) is 0.0107. The number of nitrogens with one attached hydrogen (secondary N) is 8. The summed E-state index contributed by atoms with van der Waals surface area (Å²) < 4.78 is 16.8. The SMILES string of the molecule is CNC(=O)c1cnc2cc(OC)c(-c3ccc(C(=O)N(C)CCCCCC(=O)CNc4cccc5c4C(=O)N(C4CCC(=O)NC4=O)C5=O)nc3)cc2c1Nc1ccccc1.CNC(=O)c1cnc2cc(OC)c(-c3ccc(C(=O)N(C)CCCCCC(=O)OC(C)(C)C)nc3)cc2c1Nc1ccccc1.O=C(O)CNc1cccc2c1C(=O)N(C1CCC(=O)NC1=O)C2=O. The molecule has 2 saturated heterocycles. The summed E-state index contributed by atoms with van der Waals surface area (Å²) >= 11 is 0. The molecule has 10 aromatic rings. The van der Waals surface area contributed by atoms with E-state index in [1.54, 1.807) is 107 Å². The number of carboxylic acids is 1. The molecule has 2 fully saturated rings. The number of imide groups is 4. The Labute approximate surface area is 747 Å². The van der Waals surface area contributed by atoms with E-state index in [1.807, 2.05) is 106 Å². The van der Waals surface area contributed by atoms with Gasteiger partial charge in [0.15, 0.2) is 5.78 Å². The third-order valence-corrected chi connectivity index (χ3v) is 21.8. The summed E-state index contributed by atoms with van der Waals surface area (Å²) in [4.78, 5) is 209. The molecular weight excluding hydrogens is 1670 g/mol. The molecule has 130 heavy (non-hydrogen) atoms. The van der Waals surface area contributed by atoms with Gasteiger partial charge in [0, 0.05) is 160 Å². The second-order valence-electron chi connectivity index (χ2n) is 31.9. The maximum atomic E-state index is 13.3. The number of benzene rings is 6. The fourth-order valence-corrected chi connectivity index (χ4v) is 15.2. The number of anilines is 6. The van der Waals surface area contributed by atoms with Gasteiger partial charge in [0.2, 0.25) is 23.6 Å². The molecule has 35 heteroatoms. The number of hydrogen-bond acceptors (Lipinski definition) is 26. The summed E-state index contributed by atoms with van der Waals surface area (Å²) in [5.74, 6) is -6.18. The Hall–Kier alpha value is -15.7. The molecule has 9 N–H and O–H groups in total. The molecule has 2 atom stereocenters. The first kappa shape index (κ1) is 93.4. The number of ketones is 1. The molecule has 0 aliphatic carbocycles. The van der Waals surface area contributed by atoms with E-state index in [1.165, 1.54) is 30.5 Å². The minimum absolute atomic E-state index is 0.0181. The van der Waals surface area contributed by atoms with Crippen LogP contribution >= 0.6 is 0 Å². The van der Waals surface area contributed by atoms with Crippen molar-refractivity contribution >= 4 is 145 Å². The Morgan fingerprint density at radius 1 is 0.485 bits per heavy atom. The molecule has 4 aliphatic rings. The van der Waals surface area contributed by atoms with Crippen LogP contribution in [0.15, 0.2) is 170 Å². The number of Topliss-reactive ketones (excluding diaryl/α,β-unsaturated/α-hetero) is 1. The van der Waals surface area contributed by atoms with Crippen molar-refractivity contribution in [1.82, 2.24) is 60.8 Å². The van der Waals surface area contributed by atoms with E-state index in [-0.39, 0.29) is 108 Å². The maximum Gasteiger partial charge on any atom is 0.322 e. The van der Waals surface area contributed by atoms with Crippen molar-refractivity contribution in [2.45, 2.75) is 116 Å². The van der Waals surface area contributed by atoms with Crippen molar-refractivity contribution in [3.8, 4) is 33.8 Å². The van der Waals surface area contributed by atoms with Crippen LogP contribution in [0.2, 0.25) is 0 Å². The van der Waals surface area contributed by atoms with Gasteiger partial charge in [0.1, 0.15) is 47.1 Å². The van der Waals surface area contributed by atoms with Crippen LogP contribution in [0.4, 0.5) is 34.1 Å². The lowest BCUT2D eigenvalue weighted by Gasteiger charge is -2.27. The fourth-order valence-electron chi connectivity index (χ4n) is 15.2. The van der Waals surface area contributed by atoms with Crippen LogP contribution < -0.4 is 52.0 Å². The highest BCUT2D eigenvalue weighted by Crippen LogP contribution is 2.42. The van der Waals surface area contributed by atoms with Crippen LogP contribution in [0.1, 0.15) is 181 Å². The average Bonchev–Trinajstić information content (AvgIpc) is 1.47. The average molecular weight is 1770 g/mol. The largest absolute Gasteiger partial charge is 0.496 e. The predicted molar refractivity (Wildman–Crippen MR) is 482 cm³/mol. The van der Waals surface area contributed by atoms with E-state index >= 15 is 0 Å². The molecule has 0 saturated carbocycles. The van der Waals surface area contributed by atoms with Crippen molar-refractivity contribution < 1.29 is 91.2 Å². The summed E-state index contributed by atoms with van der Waals surface area (Å²) in [6, 6.07) is 40.5. The zero-order valence-corrected chi connectivity index (χ0v) is 73.0. The molecule has 672 valence electrons. The number of aliphatic carboxylic acids is 1. The lowest BCUT2D eigenvalue weighted by molar-refractivity contribution is -0.155. The van der Waals surface area contributed by atoms with Crippen molar-refractivity contribution in [3.05, 3.63) is 215 Å². The third kappa shape index (κ3) is 22.0. The number of aromatic nitrogens is 4. The van der Waals surface area contributed by atoms with Crippen molar-refractivity contribution in [3.63, 3.8) is 0 Å². The first-order chi connectivity index (χ1) is 62.4. The van der Waals surface area contributed by atoms with Crippen LogP contribution in [-0.4, -0.2) is 220 Å². The molecule has 4 aliphatic heterocycles. The molecule has 0 radical (unpaired) electrons. The van der Waals surface area contributed by atoms with E-state index < -0.39 is 77.5 Å². The molecule has 4 aromatic heterocycles. The highest BCUT2D eigenvalue weighted by Gasteiger charge is 2.48. The number of piperidine rings is 2. The Bertz CT molecular complexity index is 6090. The second-order valence-corrected chi connectivity index (χ2v) is 31.9. The van der Waals surface area contributed by atoms with Gasteiger partial charge in [-0.1, -0.05) is 73.5 Å². The van der Waals surface area contributed by atoms with Gasteiger partial charge in [0.25, 0.3) is 47.3 Å². The normalized spacial score (nSPS) is 14.4. The Balaban J connectivity index is 0.000000193. The summed E-state index contributed by atoms with van der Waals surface area (Å²) in [6.07, 6.45) is 11.3. The summed E-state index contributed by atoms with van der Waals surface area (Å²) in [7, 11) is 9.73. The molecule has 12 amide bonds. The molecule has 0 bridgehead atoms.